The highest BCUT2D eigenvalue weighted by Crippen LogP contribution is 2.28. The third-order valence-electron chi connectivity index (χ3n) is 2.91. The van der Waals surface area contributed by atoms with E-state index in [1.165, 1.54) is 0 Å². The molecule has 2 rings (SSSR count). The highest BCUT2D eigenvalue weighted by atomic mass is 16.5. The van der Waals surface area contributed by atoms with Crippen LogP contribution >= 0.6 is 0 Å². The lowest BCUT2D eigenvalue weighted by molar-refractivity contribution is -0.111. The lowest BCUT2D eigenvalue weighted by atomic mass is 9.85. The van der Waals surface area contributed by atoms with Gasteiger partial charge >= 0.3 is 0 Å². The Morgan fingerprint density at radius 3 is 2.88 bits per heavy atom. The predicted octanol–water partition coefficient (Wildman–Crippen LogP) is 1.29. The van der Waals surface area contributed by atoms with Crippen LogP contribution in [0, 0.1) is 0 Å². The van der Waals surface area contributed by atoms with Gasteiger partial charge in [0.15, 0.2) is 0 Å². The number of fused-ring (bicyclic) bond motifs is 1. The van der Waals surface area contributed by atoms with Gasteiger partial charge in [-0.15, -0.1) is 0 Å². The first kappa shape index (κ1) is 11.6. The SMILES string of the molecule is CC(C)(C=O)c1ccc2c(c1)OCCNC2=O. The van der Waals surface area contributed by atoms with E-state index in [-0.39, 0.29) is 5.91 Å². The molecule has 0 saturated carbocycles. The van der Waals surface area contributed by atoms with Gasteiger partial charge in [-0.1, -0.05) is 6.07 Å². The molecule has 1 heterocycles. The Morgan fingerprint density at radius 2 is 2.18 bits per heavy atom. The Morgan fingerprint density at radius 1 is 1.41 bits per heavy atom. The molecule has 0 aliphatic carbocycles. The molecule has 1 aromatic carbocycles. The van der Waals surface area contributed by atoms with Crippen molar-refractivity contribution in [2.24, 2.45) is 0 Å². The summed E-state index contributed by atoms with van der Waals surface area (Å²) in [4.78, 5) is 22.7. The van der Waals surface area contributed by atoms with Gasteiger partial charge in [0.1, 0.15) is 18.6 Å². The van der Waals surface area contributed by atoms with Crippen molar-refractivity contribution in [2.45, 2.75) is 19.3 Å². The summed E-state index contributed by atoms with van der Waals surface area (Å²) in [6.45, 7) is 4.61. The molecule has 0 atom stereocenters. The molecular weight excluding hydrogens is 218 g/mol. The number of carbonyl (C=O) groups is 2. The molecule has 1 aromatic rings. The third-order valence-corrected chi connectivity index (χ3v) is 2.91. The van der Waals surface area contributed by atoms with Crippen LogP contribution < -0.4 is 10.1 Å². The van der Waals surface area contributed by atoms with Crippen molar-refractivity contribution in [3.63, 3.8) is 0 Å². The lowest BCUT2D eigenvalue weighted by Crippen LogP contribution is -2.24. The summed E-state index contributed by atoms with van der Waals surface area (Å²) in [5.41, 5.74) is 0.801. The maximum atomic E-state index is 11.7. The van der Waals surface area contributed by atoms with E-state index in [1.54, 1.807) is 18.2 Å². The van der Waals surface area contributed by atoms with Crippen LogP contribution in [0.3, 0.4) is 0 Å². The van der Waals surface area contributed by atoms with Gasteiger partial charge in [0, 0.05) is 5.41 Å². The predicted molar refractivity (Wildman–Crippen MR) is 63.4 cm³/mol. The molecule has 0 bridgehead atoms. The van der Waals surface area contributed by atoms with E-state index in [1.807, 2.05) is 13.8 Å². The van der Waals surface area contributed by atoms with Gasteiger partial charge in [-0.05, 0) is 31.5 Å². The average Bonchev–Trinajstić information content (AvgIpc) is 2.51. The molecule has 4 nitrogen and oxygen atoms in total. The Kier molecular flexibility index (Phi) is 2.88. The molecule has 90 valence electrons. The van der Waals surface area contributed by atoms with E-state index in [4.69, 9.17) is 4.74 Å². The number of nitrogens with one attached hydrogen (secondary N) is 1. The largest absolute Gasteiger partial charge is 0.491 e. The summed E-state index contributed by atoms with van der Waals surface area (Å²) in [5.74, 6) is 0.417. The van der Waals surface area contributed by atoms with Crippen LogP contribution in [-0.4, -0.2) is 25.3 Å². The van der Waals surface area contributed by atoms with E-state index in [9.17, 15) is 9.59 Å². The van der Waals surface area contributed by atoms with Crippen molar-refractivity contribution in [2.75, 3.05) is 13.2 Å². The zero-order valence-electron chi connectivity index (χ0n) is 9.95. The van der Waals surface area contributed by atoms with Gasteiger partial charge in [-0.25, -0.2) is 0 Å². The first-order valence-electron chi connectivity index (χ1n) is 5.56. The number of rotatable bonds is 2. The zero-order chi connectivity index (χ0) is 12.5. The molecule has 1 aliphatic rings. The topological polar surface area (TPSA) is 55.4 Å². The van der Waals surface area contributed by atoms with Gasteiger partial charge in [-0.2, -0.15) is 0 Å². The number of benzene rings is 1. The summed E-state index contributed by atoms with van der Waals surface area (Å²) in [7, 11) is 0. The summed E-state index contributed by atoms with van der Waals surface area (Å²) >= 11 is 0. The number of carbonyl (C=O) groups excluding carboxylic acids is 2. The molecule has 0 fully saturated rings. The fourth-order valence-electron chi connectivity index (χ4n) is 1.72. The highest BCUT2D eigenvalue weighted by molar-refractivity contribution is 5.97. The van der Waals surface area contributed by atoms with E-state index in [0.29, 0.717) is 24.5 Å². The number of ether oxygens (including phenoxy) is 1. The molecule has 1 aliphatic heterocycles. The molecule has 4 heteroatoms. The van der Waals surface area contributed by atoms with Crippen LogP contribution in [0.2, 0.25) is 0 Å². The second-order valence-electron chi connectivity index (χ2n) is 4.65. The fraction of sp³-hybridized carbons (Fsp3) is 0.385. The minimum absolute atomic E-state index is 0.132. The maximum Gasteiger partial charge on any atom is 0.255 e. The van der Waals surface area contributed by atoms with E-state index in [0.717, 1.165) is 11.8 Å². The number of hydrogen-bond acceptors (Lipinski definition) is 3. The van der Waals surface area contributed by atoms with Crippen LogP contribution in [0.5, 0.6) is 5.75 Å². The van der Waals surface area contributed by atoms with Crippen molar-refractivity contribution in [3.05, 3.63) is 29.3 Å². The molecular formula is C13H15NO3. The first-order chi connectivity index (χ1) is 8.04. The monoisotopic (exact) mass is 233 g/mol. The van der Waals surface area contributed by atoms with Crippen molar-refractivity contribution in [1.29, 1.82) is 0 Å². The molecule has 0 unspecified atom stereocenters. The Hall–Kier alpha value is -1.84. The number of aldehydes is 1. The maximum absolute atomic E-state index is 11.7. The quantitative estimate of drug-likeness (QED) is 0.783. The van der Waals surface area contributed by atoms with Crippen molar-refractivity contribution in [1.82, 2.24) is 5.32 Å². The van der Waals surface area contributed by atoms with Crippen LogP contribution in [0.15, 0.2) is 18.2 Å². The van der Waals surface area contributed by atoms with Crippen molar-refractivity contribution in [3.8, 4) is 5.75 Å². The van der Waals surface area contributed by atoms with E-state index >= 15 is 0 Å². The fourth-order valence-corrected chi connectivity index (χ4v) is 1.72. The zero-order valence-corrected chi connectivity index (χ0v) is 9.95. The van der Waals surface area contributed by atoms with Crippen molar-refractivity contribution >= 4 is 12.2 Å². The normalized spacial score (nSPS) is 15.3. The third kappa shape index (κ3) is 2.16. The first-order valence-corrected chi connectivity index (χ1v) is 5.56. The van der Waals surface area contributed by atoms with E-state index in [2.05, 4.69) is 5.32 Å². The van der Waals surface area contributed by atoms with Gasteiger partial charge in [-0.3, -0.25) is 4.79 Å². The summed E-state index contributed by atoms with van der Waals surface area (Å²) in [6.07, 6.45) is 0.894. The van der Waals surface area contributed by atoms with Gasteiger partial charge in [0.05, 0.1) is 12.1 Å². The molecule has 1 amide bonds. The Bertz CT molecular complexity index is 466. The summed E-state index contributed by atoms with van der Waals surface area (Å²) in [5, 5.41) is 2.74. The Balaban J connectivity index is 2.46. The molecule has 0 spiro atoms. The smallest absolute Gasteiger partial charge is 0.255 e. The van der Waals surface area contributed by atoms with Crippen LogP contribution in [0.4, 0.5) is 0 Å². The second-order valence-corrected chi connectivity index (χ2v) is 4.65. The lowest BCUT2D eigenvalue weighted by Gasteiger charge is -2.18. The van der Waals surface area contributed by atoms with Crippen LogP contribution in [0.1, 0.15) is 29.8 Å². The van der Waals surface area contributed by atoms with Crippen molar-refractivity contribution < 1.29 is 14.3 Å². The molecule has 0 radical (unpaired) electrons. The number of amides is 1. The molecule has 0 aromatic heterocycles. The average molecular weight is 233 g/mol. The standard InChI is InChI=1S/C13H15NO3/c1-13(2,8-15)9-3-4-10-11(7-9)17-6-5-14-12(10)16/h3-4,7-8H,5-6H2,1-2H3,(H,14,16). The van der Waals surface area contributed by atoms with Gasteiger partial charge < -0.3 is 14.8 Å². The van der Waals surface area contributed by atoms with Crippen LogP contribution in [-0.2, 0) is 10.2 Å². The molecule has 17 heavy (non-hydrogen) atoms. The van der Waals surface area contributed by atoms with Gasteiger partial charge in [0.25, 0.3) is 5.91 Å². The van der Waals surface area contributed by atoms with E-state index < -0.39 is 5.41 Å². The number of hydrogen-bond donors (Lipinski definition) is 1. The second kappa shape index (κ2) is 4.20. The Labute approximate surface area is 100.0 Å². The molecule has 0 saturated heterocycles. The summed E-state index contributed by atoms with van der Waals surface area (Å²) < 4.78 is 5.50. The minimum atomic E-state index is -0.568. The highest BCUT2D eigenvalue weighted by Gasteiger charge is 2.23. The van der Waals surface area contributed by atoms with Crippen LogP contribution in [0.25, 0.3) is 0 Å². The van der Waals surface area contributed by atoms with Gasteiger partial charge in [0.2, 0.25) is 0 Å². The molecule has 1 N–H and O–H groups in total. The summed E-state index contributed by atoms with van der Waals surface area (Å²) in [6, 6.07) is 5.27. The minimum Gasteiger partial charge on any atom is -0.491 e.